The van der Waals surface area contributed by atoms with Gasteiger partial charge in [-0.05, 0) is 37.6 Å². The van der Waals surface area contributed by atoms with Crippen LogP contribution in [0.25, 0.3) is 0 Å². The van der Waals surface area contributed by atoms with Gasteiger partial charge in [-0.3, -0.25) is 0 Å². The second kappa shape index (κ2) is 5.10. The van der Waals surface area contributed by atoms with Gasteiger partial charge in [0.15, 0.2) is 0 Å². The standard InChI is InChI=1S/C12H16BrNO/c1-14-12(11-6-3-7-15-11)9-4-2-5-10(13)8-9/h2,4-5,8,11-12,14H,3,6-7H2,1H3. The molecule has 2 unspecified atom stereocenters. The summed E-state index contributed by atoms with van der Waals surface area (Å²) in [5.41, 5.74) is 1.29. The molecule has 2 atom stereocenters. The fourth-order valence-electron chi connectivity index (χ4n) is 2.13. The van der Waals surface area contributed by atoms with Crippen LogP contribution in [0.15, 0.2) is 28.7 Å². The van der Waals surface area contributed by atoms with Crippen LogP contribution in [0.5, 0.6) is 0 Å². The summed E-state index contributed by atoms with van der Waals surface area (Å²) in [7, 11) is 1.99. The molecule has 0 aliphatic carbocycles. The average molecular weight is 270 g/mol. The first-order valence-corrected chi connectivity index (χ1v) is 6.15. The first-order chi connectivity index (χ1) is 7.31. The van der Waals surface area contributed by atoms with Gasteiger partial charge in [0, 0.05) is 11.1 Å². The van der Waals surface area contributed by atoms with Crippen molar-refractivity contribution < 1.29 is 4.74 Å². The van der Waals surface area contributed by atoms with Gasteiger partial charge in [0.25, 0.3) is 0 Å². The molecule has 1 aliphatic rings. The molecule has 0 bridgehead atoms. The van der Waals surface area contributed by atoms with E-state index in [1.54, 1.807) is 0 Å². The normalized spacial score (nSPS) is 22.9. The first-order valence-electron chi connectivity index (χ1n) is 5.35. The molecule has 1 saturated heterocycles. The number of nitrogens with one attached hydrogen (secondary N) is 1. The number of ether oxygens (including phenoxy) is 1. The molecule has 82 valence electrons. The zero-order valence-corrected chi connectivity index (χ0v) is 10.5. The van der Waals surface area contributed by atoms with Gasteiger partial charge in [0.2, 0.25) is 0 Å². The second-order valence-electron chi connectivity index (χ2n) is 3.87. The van der Waals surface area contributed by atoms with Crippen molar-refractivity contribution in [2.75, 3.05) is 13.7 Å². The lowest BCUT2D eigenvalue weighted by Gasteiger charge is -2.23. The van der Waals surface area contributed by atoms with E-state index in [0.717, 1.165) is 17.5 Å². The molecule has 1 heterocycles. The van der Waals surface area contributed by atoms with Gasteiger partial charge < -0.3 is 10.1 Å². The highest BCUT2D eigenvalue weighted by Crippen LogP contribution is 2.27. The lowest BCUT2D eigenvalue weighted by molar-refractivity contribution is 0.0807. The van der Waals surface area contributed by atoms with Crippen molar-refractivity contribution in [3.8, 4) is 0 Å². The summed E-state index contributed by atoms with van der Waals surface area (Å²) < 4.78 is 6.85. The molecule has 1 aliphatic heterocycles. The van der Waals surface area contributed by atoms with E-state index in [4.69, 9.17) is 4.74 Å². The highest BCUT2D eigenvalue weighted by molar-refractivity contribution is 9.10. The lowest BCUT2D eigenvalue weighted by atomic mass is 10.00. The van der Waals surface area contributed by atoms with Gasteiger partial charge >= 0.3 is 0 Å². The Bertz CT molecular complexity index is 323. The lowest BCUT2D eigenvalue weighted by Crippen LogP contribution is -2.28. The van der Waals surface area contributed by atoms with Crippen molar-refractivity contribution >= 4 is 15.9 Å². The van der Waals surface area contributed by atoms with Gasteiger partial charge in [0.1, 0.15) is 0 Å². The summed E-state index contributed by atoms with van der Waals surface area (Å²) in [5.74, 6) is 0. The van der Waals surface area contributed by atoms with Crippen LogP contribution in [0.2, 0.25) is 0 Å². The van der Waals surface area contributed by atoms with Crippen LogP contribution >= 0.6 is 15.9 Å². The Morgan fingerprint density at radius 3 is 3.00 bits per heavy atom. The van der Waals surface area contributed by atoms with Crippen LogP contribution in [-0.2, 0) is 4.74 Å². The topological polar surface area (TPSA) is 21.3 Å². The molecule has 0 spiro atoms. The maximum absolute atomic E-state index is 5.72. The van der Waals surface area contributed by atoms with Gasteiger partial charge in [-0.15, -0.1) is 0 Å². The molecule has 1 aromatic rings. The highest BCUT2D eigenvalue weighted by Gasteiger charge is 2.25. The Balaban J connectivity index is 2.18. The predicted octanol–water partition coefficient (Wildman–Crippen LogP) is 2.89. The molecule has 2 nitrogen and oxygen atoms in total. The van der Waals surface area contributed by atoms with E-state index >= 15 is 0 Å². The summed E-state index contributed by atoms with van der Waals surface area (Å²) in [4.78, 5) is 0. The summed E-state index contributed by atoms with van der Waals surface area (Å²) in [6, 6.07) is 8.73. The van der Waals surface area contributed by atoms with E-state index in [2.05, 4.69) is 39.4 Å². The molecule has 2 rings (SSSR count). The number of halogens is 1. The SMILES string of the molecule is CNC(c1cccc(Br)c1)C1CCCO1. The third kappa shape index (κ3) is 2.60. The molecule has 3 heteroatoms. The molecule has 1 aromatic carbocycles. The number of likely N-dealkylation sites (N-methyl/N-ethyl adjacent to an activating group) is 1. The van der Waals surface area contributed by atoms with Crippen molar-refractivity contribution in [2.45, 2.75) is 25.0 Å². The van der Waals surface area contributed by atoms with Crippen LogP contribution < -0.4 is 5.32 Å². The summed E-state index contributed by atoms with van der Waals surface area (Å²) >= 11 is 3.50. The third-order valence-corrected chi connectivity index (χ3v) is 3.35. The summed E-state index contributed by atoms with van der Waals surface area (Å²) in [6.07, 6.45) is 2.65. The van der Waals surface area contributed by atoms with Crippen LogP contribution in [-0.4, -0.2) is 19.8 Å². The number of rotatable bonds is 3. The van der Waals surface area contributed by atoms with E-state index in [1.165, 1.54) is 12.0 Å². The molecular weight excluding hydrogens is 254 g/mol. The van der Waals surface area contributed by atoms with Crippen LogP contribution in [0, 0.1) is 0 Å². The zero-order valence-electron chi connectivity index (χ0n) is 8.87. The fraction of sp³-hybridized carbons (Fsp3) is 0.500. The number of hydrogen-bond donors (Lipinski definition) is 1. The monoisotopic (exact) mass is 269 g/mol. The molecule has 0 saturated carbocycles. The maximum Gasteiger partial charge on any atom is 0.0770 e. The fourth-order valence-corrected chi connectivity index (χ4v) is 2.55. The summed E-state index contributed by atoms with van der Waals surface area (Å²) in [5, 5.41) is 3.34. The number of hydrogen-bond acceptors (Lipinski definition) is 2. The minimum atomic E-state index is 0.310. The van der Waals surface area contributed by atoms with Crippen molar-refractivity contribution in [2.24, 2.45) is 0 Å². The predicted molar refractivity (Wildman–Crippen MR) is 64.9 cm³/mol. The zero-order chi connectivity index (χ0) is 10.7. The molecule has 1 fully saturated rings. The molecule has 0 radical (unpaired) electrons. The van der Waals surface area contributed by atoms with Crippen LogP contribution in [0.1, 0.15) is 24.4 Å². The van der Waals surface area contributed by atoms with Crippen molar-refractivity contribution in [3.63, 3.8) is 0 Å². The second-order valence-corrected chi connectivity index (χ2v) is 4.79. The molecule has 1 N–H and O–H groups in total. The Morgan fingerprint density at radius 1 is 1.53 bits per heavy atom. The largest absolute Gasteiger partial charge is 0.376 e. The van der Waals surface area contributed by atoms with E-state index in [0.29, 0.717) is 12.1 Å². The van der Waals surface area contributed by atoms with Gasteiger partial charge in [-0.25, -0.2) is 0 Å². The van der Waals surface area contributed by atoms with Crippen LogP contribution in [0.4, 0.5) is 0 Å². The van der Waals surface area contributed by atoms with Crippen molar-refractivity contribution in [3.05, 3.63) is 34.3 Å². The Labute approximate surface area is 99.1 Å². The quantitative estimate of drug-likeness (QED) is 0.911. The van der Waals surface area contributed by atoms with E-state index in [9.17, 15) is 0 Å². The van der Waals surface area contributed by atoms with Crippen molar-refractivity contribution in [1.29, 1.82) is 0 Å². The smallest absolute Gasteiger partial charge is 0.0770 e. The summed E-state index contributed by atoms with van der Waals surface area (Å²) in [6.45, 7) is 0.900. The van der Waals surface area contributed by atoms with Gasteiger partial charge in [0.05, 0.1) is 12.1 Å². The van der Waals surface area contributed by atoms with Gasteiger partial charge in [-0.1, -0.05) is 28.1 Å². The van der Waals surface area contributed by atoms with Gasteiger partial charge in [-0.2, -0.15) is 0 Å². The number of benzene rings is 1. The Hall–Kier alpha value is -0.380. The van der Waals surface area contributed by atoms with E-state index in [1.807, 2.05) is 13.1 Å². The van der Waals surface area contributed by atoms with E-state index in [-0.39, 0.29) is 0 Å². The van der Waals surface area contributed by atoms with Crippen molar-refractivity contribution in [1.82, 2.24) is 5.32 Å². The first kappa shape index (κ1) is 11.1. The highest BCUT2D eigenvalue weighted by atomic mass is 79.9. The Morgan fingerprint density at radius 2 is 2.40 bits per heavy atom. The molecule has 0 amide bonds. The Kier molecular flexibility index (Phi) is 3.78. The van der Waals surface area contributed by atoms with Crippen LogP contribution in [0.3, 0.4) is 0 Å². The van der Waals surface area contributed by atoms with E-state index < -0.39 is 0 Å². The molecule has 15 heavy (non-hydrogen) atoms. The minimum Gasteiger partial charge on any atom is -0.376 e. The minimum absolute atomic E-state index is 0.310. The third-order valence-electron chi connectivity index (χ3n) is 2.86. The average Bonchev–Trinajstić information content (AvgIpc) is 2.72. The molecular formula is C12H16BrNO. The maximum atomic E-state index is 5.72. The molecule has 0 aromatic heterocycles.